The highest BCUT2D eigenvalue weighted by molar-refractivity contribution is 7.92. The van der Waals surface area contributed by atoms with Crippen molar-refractivity contribution in [1.82, 2.24) is 10.2 Å². The predicted molar refractivity (Wildman–Crippen MR) is 138 cm³/mol. The van der Waals surface area contributed by atoms with Crippen LogP contribution in [0.5, 0.6) is 0 Å². The normalized spacial score (nSPS) is 13.1. The molecule has 0 heterocycles. The number of halogens is 2. The Balaban J connectivity index is 2.42. The van der Waals surface area contributed by atoms with Crippen LogP contribution in [0.1, 0.15) is 38.3 Å². The maximum absolute atomic E-state index is 13.5. The standard InChI is InChI=1S/C24H31Cl2N3O4S/c1-6-17(3)27-24(31)18(4)28(14-19-9-7-16(2)8-10-19)23(30)15-29(34(5,32)33)22-13-20(25)11-12-21(22)26/h7-13,17-18H,6,14-15H2,1-5H3,(H,27,31)/t17-,18+/m0/s1. The van der Waals surface area contributed by atoms with E-state index in [1.165, 1.54) is 23.1 Å². The second kappa shape index (κ2) is 11.9. The van der Waals surface area contributed by atoms with Gasteiger partial charge < -0.3 is 10.2 Å². The number of carbonyl (C=O) groups is 2. The molecule has 2 atom stereocenters. The summed E-state index contributed by atoms with van der Waals surface area (Å²) in [7, 11) is -3.89. The minimum atomic E-state index is -3.89. The molecule has 2 rings (SSSR count). The van der Waals surface area contributed by atoms with Crippen LogP contribution in [-0.2, 0) is 26.2 Å². The lowest BCUT2D eigenvalue weighted by atomic mass is 10.1. The van der Waals surface area contributed by atoms with E-state index < -0.39 is 28.5 Å². The van der Waals surface area contributed by atoms with Gasteiger partial charge >= 0.3 is 0 Å². The van der Waals surface area contributed by atoms with Crippen LogP contribution in [0.2, 0.25) is 10.0 Å². The van der Waals surface area contributed by atoms with Gasteiger partial charge in [0, 0.05) is 17.6 Å². The molecule has 0 saturated carbocycles. The molecule has 10 heteroatoms. The molecule has 7 nitrogen and oxygen atoms in total. The summed E-state index contributed by atoms with van der Waals surface area (Å²) in [5.74, 6) is -0.865. The van der Waals surface area contributed by atoms with E-state index in [2.05, 4.69) is 5.32 Å². The Bertz CT molecular complexity index is 1120. The summed E-state index contributed by atoms with van der Waals surface area (Å²) in [6.45, 7) is 7.00. The fraction of sp³-hybridized carbons (Fsp3) is 0.417. The van der Waals surface area contributed by atoms with Gasteiger partial charge in [-0.15, -0.1) is 0 Å². The summed E-state index contributed by atoms with van der Waals surface area (Å²) in [4.78, 5) is 27.8. The molecule has 0 fully saturated rings. The molecule has 0 aliphatic carbocycles. The van der Waals surface area contributed by atoms with Gasteiger partial charge in [-0.25, -0.2) is 8.42 Å². The van der Waals surface area contributed by atoms with Crippen LogP contribution in [-0.4, -0.2) is 50.0 Å². The van der Waals surface area contributed by atoms with Crippen molar-refractivity contribution in [3.8, 4) is 0 Å². The number of hydrogen-bond donors (Lipinski definition) is 1. The SMILES string of the molecule is CC[C@H](C)NC(=O)[C@@H](C)N(Cc1ccc(C)cc1)C(=O)CN(c1cc(Cl)ccc1Cl)S(C)(=O)=O. The Morgan fingerprint density at radius 3 is 2.24 bits per heavy atom. The number of sulfonamides is 1. The summed E-state index contributed by atoms with van der Waals surface area (Å²) >= 11 is 12.3. The highest BCUT2D eigenvalue weighted by atomic mass is 35.5. The number of carbonyl (C=O) groups excluding carboxylic acids is 2. The summed E-state index contributed by atoms with van der Waals surface area (Å²) in [5, 5.41) is 3.30. The molecule has 0 aromatic heterocycles. The Hall–Kier alpha value is -2.29. The first-order chi connectivity index (χ1) is 15.8. The van der Waals surface area contributed by atoms with Crippen LogP contribution in [0, 0.1) is 6.92 Å². The molecule has 186 valence electrons. The number of hydrogen-bond acceptors (Lipinski definition) is 4. The van der Waals surface area contributed by atoms with E-state index >= 15 is 0 Å². The Labute approximate surface area is 212 Å². The van der Waals surface area contributed by atoms with Gasteiger partial charge in [0.1, 0.15) is 12.6 Å². The lowest BCUT2D eigenvalue weighted by Gasteiger charge is -2.32. The third-order valence-electron chi connectivity index (χ3n) is 5.50. The first kappa shape index (κ1) is 28.0. The van der Waals surface area contributed by atoms with Crippen molar-refractivity contribution >= 4 is 50.7 Å². The second-order valence-electron chi connectivity index (χ2n) is 8.37. The Morgan fingerprint density at radius 2 is 1.68 bits per heavy atom. The van der Waals surface area contributed by atoms with E-state index in [9.17, 15) is 18.0 Å². The number of nitrogens with one attached hydrogen (secondary N) is 1. The van der Waals surface area contributed by atoms with Gasteiger partial charge in [0.05, 0.1) is 17.0 Å². The van der Waals surface area contributed by atoms with Gasteiger partial charge in [-0.3, -0.25) is 13.9 Å². The number of anilines is 1. The monoisotopic (exact) mass is 527 g/mol. The van der Waals surface area contributed by atoms with E-state index in [1.54, 1.807) is 6.92 Å². The topological polar surface area (TPSA) is 86.8 Å². The van der Waals surface area contributed by atoms with Gasteiger partial charge in [0.15, 0.2) is 0 Å². The van der Waals surface area contributed by atoms with Crippen molar-refractivity contribution in [1.29, 1.82) is 0 Å². The number of rotatable bonds is 10. The third-order valence-corrected chi connectivity index (χ3v) is 7.18. The molecule has 0 saturated heterocycles. The average Bonchev–Trinajstić information content (AvgIpc) is 2.77. The minimum absolute atomic E-state index is 0.0657. The summed E-state index contributed by atoms with van der Waals surface area (Å²) in [6.07, 6.45) is 1.72. The first-order valence-electron chi connectivity index (χ1n) is 10.9. The van der Waals surface area contributed by atoms with Gasteiger partial charge in [0.2, 0.25) is 21.8 Å². The molecule has 0 radical (unpaired) electrons. The van der Waals surface area contributed by atoms with Gasteiger partial charge in [-0.1, -0.05) is 60.0 Å². The van der Waals surface area contributed by atoms with E-state index in [0.29, 0.717) is 0 Å². The van der Waals surface area contributed by atoms with Crippen LogP contribution < -0.4 is 9.62 Å². The predicted octanol–water partition coefficient (Wildman–Crippen LogP) is 4.40. The fourth-order valence-corrected chi connectivity index (χ4v) is 4.50. The molecular formula is C24H31Cl2N3O4S. The third kappa shape index (κ3) is 7.61. The zero-order valence-corrected chi connectivity index (χ0v) is 22.3. The zero-order valence-electron chi connectivity index (χ0n) is 20.0. The van der Waals surface area contributed by atoms with Crippen molar-refractivity contribution in [3.05, 3.63) is 63.6 Å². The van der Waals surface area contributed by atoms with Crippen molar-refractivity contribution in [2.24, 2.45) is 0 Å². The number of aryl methyl sites for hydroxylation is 1. The second-order valence-corrected chi connectivity index (χ2v) is 11.1. The lowest BCUT2D eigenvalue weighted by molar-refractivity contribution is -0.139. The molecule has 2 aromatic rings. The Morgan fingerprint density at radius 1 is 1.06 bits per heavy atom. The zero-order chi connectivity index (χ0) is 25.6. The molecule has 2 aromatic carbocycles. The summed E-state index contributed by atoms with van der Waals surface area (Å²) in [6, 6.07) is 11.1. The largest absolute Gasteiger partial charge is 0.352 e. The maximum Gasteiger partial charge on any atom is 0.244 e. The van der Waals surface area contributed by atoms with Gasteiger partial charge in [0.25, 0.3) is 0 Å². The summed E-state index contributed by atoms with van der Waals surface area (Å²) in [5.41, 5.74) is 1.97. The average molecular weight is 529 g/mol. The van der Waals surface area contributed by atoms with Crippen LogP contribution in [0.25, 0.3) is 0 Å². The molecule has 1 N–H and O–H groups in total. The Kier molecular flexibility index (Phi) is 9.79. The maximum atomic E-state index is 13.5. The van der Waals surface area contributed by atoms with Crippen LogP contribution in [0.4, 0.5) is 5.69 Å². The van der Waals surface area contributed by atoms with Crippen molar-refractivity contribution in [3.63, 3.8) is 0 Å². The first-order valence-corrected chi connectivity index (χ1v) is 13.5. The smallest absolute Gasteiger partial charge is 0.244 e. The number of amides is 2. The van der Waals surface area contributed by atoms with Crippen molar-refractivity contribution < 1.29 is 18.0 Å². The molecule has 0 spiro atoms. The van der Waals surface area contributed by atoms with Crippen molar-refractivity contribution in [2.75, 3.05) is 17.1 Å². The van der Waals surface area contributed by atoms with E-state index in [-0.39, 0.29) is 34.2 Å². The quantitative estimate of drug-likeness (QED) is 0.495. The molecule has 34 heavy (non-hydrogen) atoms. The van der Waals surface area contributed by atoms with Gasteiger partial charge in [-0.05, 0) is 51.0 Å². The number of nitrogens with zero attached hydrogens (tertiary/aromatic N) is 2. The van der Waals surface area contributed by atoms with Gasteiger partial charge in [-0.2, -0.15) is 0 Å². The molecule has 0 unspecified atom stereocenters. The van der Waals surface area contributed by atoms with Crippen LogP contribution >= 0.6 is 23.2 Å². The van der Waals surface area contributed by atoms with E-state index in [0.717, 1.165) is 28.1 Å². The minimum Gasteiger partial charge on any atom is -0.352 e. The van der Waals surface area contributed by atoms with E-state index in [4.69, 9.17) is 23.2 Å². The molecule has 0 aliphatic rings. The molecule has 2 amide bonds. The fourth-order valence-electron chi connectivity index (χ4n) is 3.21. The number of benzene rings is 2. The molecule has 0 bridgehead atoms. The van der Waals surface area contributed by atoms with Crippen LogP contribution in [0.15, 0.2) is 42.5 Å². The van der Waals surface area contributed by atoms with Crippen molar-refractivity contribution in [2.45, 2.75) is 52.7 Å². The van der Waals surface area contributed by atoms with Crippen LogP contribution in [0.3, 0.4) is 0 Å². The lowest BCUT2D eigenvalue weighted by Crippen LogP contribution is -2.52. The molecular weight excluding hydrogens is 497 g/mol. The highest BCUT2D eigenvalue weighted by Crippen LogP contribution is 2.31. The molecule has 0 aliphatic heterocycles. The van der Waals surface area contributed by atoms with E-state index in [1.807, 2.05) is 45.0 Å². The summed E-state index contributed by atoms with van der Waals surface area (Å²) < 4.78 is 26.1. The highest BCUT2D eigenvalue weighted by Gasteiger charge is 2.31.